The maximum absolute atomic E-state index is 13.0. The van der Waals surface area contributed by atoms with Gasteiger partial charge in [-0.1, -0.05) is 16.1 Å². The molecule has 0 aliphatic heterocycles. The first-order valence-electron chi connectivity index (χ1n) is 4.83. The molecule has 0 saturated carbocycles. The highest BCUT2D eigenvalue weighted by atomic mass is 35.5. The Kier molecular flexibility index (Phi) is 3.85. The molecule has 18 heavy (non-hydrogen) atoms. The van der Waals surface area contributed by atoms with Gasteiger partial charge in [-0.15, -0.1) is 5.10 Å². The van der Waals surface area contributed by atoms with Crippen molar-refractivity contribution in [3.05, 3.63) is 39.6 Å². The molecule has 1 aromatic carbocycles. The predicted octanol–water partition coefficient (Wildman–Crippen LogP) is 1.86. The summed E-state index contributed by atoms with van der Waals surface area (Å²) in [6, 6.07) is 3.98. The molecule has 0 aliphatic rings. The second-order valence-electron chi connectivity index (χ2n) is 3.30. The van der Waals surface area contributed by atoms with Crippen LogP contribution in [0.2, 0.25) is 5.02 Å². The summed E-state index contributed by atoms with van der Waals surface area (Å²) in [5.41, 5.74) is 6.46. The van der Waals surface area contributed by atoms with Crippen LogP contribution in [0.3, 0.4) is 0 Å². The lowest BCUT2D eigenvalue weighted by atomic mass is 10.3. The molecule has 0 aliphatic carbocycles. The third-order valence-electron chi connectivity index (χ3n) is 2.09. The van der Waals surface area contributed by atoms with E-state index in [2.05, 4.69) is 14.6 Å². The molecule has 0 fully saturated rings. The van der Waals surface area contributed by atoms with Gasteiger partial charge in [0.25, 0.3) is 0 Å². The zero-order valence-corrected chi connectivity index (χ0v) is 10.5. The van der Waals surface area contributed by atoms with Crippen LogP contribution in [0.4, 0.5) is 10.1 Å². The highest BCUT2D eigenvalue weighted by Crippen LogP contribution is 2.22. The van der Waals surface area contributed by atoms with Crippen molar-refractivity contribution in [3.63, 3.8) is 0 Å². The lowest BCUT2D eigenvalue weighted by Gasteiger charge is -2.00. The van der Waals surface area contributed by atoms with Gasteiger partial charge in [0.05, 0.1) is 22.2 Å². The molecule has 3 N–H and O–H groups in total. The Bertz CT molecular complexity index is 601. The first kappa shape index (κ1) is 12.9. The number of halogens is 2. The lowest BCUT2D eigenvalue weighted by molar-refractivity contribution is 0.285. The average Bonchev–Trinajstić information content (AvgIpc) is 2.82. The minimum absolute atomic E-state index is 0.0390. The van der Waals surface area contributed by atoms with Crippen molar-refractivity contribution in [2.75, 3.05) is 0 Å². The van der Waals surface area contributed by atoms with Gasteiger partial charge in [0.1, 0.15) is 11.5 Å². The third-order valence-corrected chi connectivity index (χ3v) is 3.09. The van der Waals surface area contributed by atoms with Gasteiger partial charge >= 0.3 is 0 Å². The SMILES string of the molecule is NC(=Nc1ccc(F)c(Cl)c1)c1nnsc1CO. The molecule has 0 bridgehead atoms. The number of aliphatic hydroxyl groups is 1. The number of nitrogens with zero attached hydrogens (tertiary/aromatic N) is 3. The quantitative estimate of drug-likeness (QED) is 0.666. The number of aliphatic hydroxyl groups excluding tert-OH is 1. The Morgan fingerprint density at radius 3 is 3.00 bits per heavy atom. The number of hydrogen-bond acceptors (Lipinski definition) is 5. The summed E-state index contributed by atoms with van der Waals surface area (Å²) in [6.07, 6.45) is 0. The molecule has 5 nitrogen and oxygen atoms in total. The molecular formula is C10H8ClFN4OS. The van der Waals surface area contributed by atoms with E-state index in [9.17, 15) is 4.39 Å². The molecule has 1 aromatic heterocycles. The first-order valence-corrected chi connectivity index (χ1v) is 5.98. The Balaban J connectivity index is 2.35. The fourth-order valence-electron chi connectivity index (χ4n) is 1.25. The smallest absolute Gasteiger partial charge is 0.153 e. The van der Waals surface area contributed by atoms with Crippen LogP contribution in [0.5, 0.6) is 0 Å². The van der Waals surface area contributed by atoms with Crippen molar-refractivity contribution in [1.29, 1.82) is 0 Å². The summed E-state index contributed by atoms with van der Waals surface area (Å²) < 4.78 is 16.6. The Morgan fingerprint density at radius 1 is 1.56 bits per heavy atom. The molecular weight excluding hydrogens is 279 g/mol. The van der Waals surface area contributed by atoms with E-state index in [1.807, 2.05) is 0 Å². The Morgan fingerprint density at radius 2 is 2.33 bits per heavy atom. The molecule has 2 rings (SSSR count). The second-order valence-corrected chi connectivity index (χ2v) is 4.54. The number of nitrogens with two attached hydrogens (primary N) is 1. The van der Waals surface area contributed by atoms with E-state index in [1.54, 1.807) is 0 Å². The number of aliphatic imine (C=N–C) groups is 1. The van der Waals surface area contributed by atoms with Crippen LogP contribution in [-0.2, 0) is 6.61 Å². The number of benzene rings is 1. The summed E-state index contributed by atoms with van der Waals surface area (Å²) in [7, 11) is 0. The Labute approximate surface area is 111 Å². The fraction of sp³-hybridized carbons (Fsp3) is 0.100. The van der Waals surface area contributed by atoms with Gasteiger partial charge in [-0.05, 0) is 29.7 Å². The highest BCUT2D eigenvalue weighted by molar-refractivity contribution is 7.05. The molecule has 0 atom stereocenters. The van der Waals surface area contributed by atoms with E-state index in [-0.39, 0.29) is 17.5 Å². The van der Waals surface area contributed by atoms with Crippen LogP contribution < -0.4 is 5.73 Å². The van der Waals surface area contributed by atoms with E-state index in [0.29, 0.717) is 16.3 Å². The molecule has 0 amide bonds. The van der Waals surface area contributed by atoms with Crippen molar-refractivity contribution in [2.45, 2.75) is 6.61 Å². The van der Waals surface area contributed by atoms with Crippen molar-refractivity contribution < 1.29 is 9.50 Å². The van der Waals surface area contributed by atoms with E-state index in [4.69, 9.17) is 22.4 Å². The predicted molar refractivity (Wildman–Crippen MR) is 67.6 cm³/mol. The minimum atomic E-state index is -0.527. The summed E-state index contributed by atoms with van der Waals surface area (Å²) in [5.74, 6) is -0.434. The van der Waals surface area contributed by atoms with Gasteiger partial charge in [0.2, 0.25) is 0 Å². The molecule has 0 unspecified atom stereocenters. The molecule has 94 valence electrons. The fourth-order valence-corrected chi connectivity index (χ4v) is 1.94. The van der Waals surface area contributed by atoms with E-state index in [1.165, 1.54) is 18.2 Å². The second kappa shape index (κ2) is 5.38. The number of rotatable bonds is 3. The van der Waals surface area contributed by atoms with Gasteiger partial charge in [0.15, 0.2) is 5.84 Å². The largest absolute Gasteiger partial charge is 0.391 e. The maximum atomic E-state index is 13.0. The van der Waals surface area contributed by atoms with E-state index in [0.717, 1.165) is 11.5 Å². The van der Waals surface area contributed by atoms with Crippen LogP contribution >= 0.6 is 23.1 Å². The topological polar surface area (TPSA) is 84.4 Å². The standard InChI is InChI=1S/C10H8ClFN4OS/c11-6-3-5(1-2-7(6)12)14-10(13)9-8(4-17)18-16-15-9/h1-3,17H,4H2,(H2,13,14). The number of amidine groups is 1. The highest BCUT2D eigenvalue weighted by Gasteiger charge is 2.11. The molecule has 1 heterocycles. The molecule has 0 radical (unpaired) electrons. The summed E-state index contributed by atoms with van der Waals surface area (Å²) in [6.45, 7) is -0.215. The van der Waals surface area contributed by atoms with Crippen molar-refractivity contribution in [2.24, 2.45) is 10.7 Å². The van der Waals surface area contributed by atoms with Gasteiger partial charge in [0, 0.05) is 0 Å². The lowest BCUT2D eigenvalue weighted by Crippen LogP contribution is -2.15. The van der Waals surface area contributed by atoms with Gasteiger partial charge < -0.3 is 10.8 Å². The van der Waals surface area contributed by atoms with E-state index < -0.39 is 5.82 Å². The summed E-state index contributed by atoms with van der Waals surface area (Å²) in [5, 5.41) is 12.8. The average molecular weight is 287 g/mol. The van der Waals surface area contributed by atoms with Gasteiger partial charge in [-0.2, -0.15) is 0 Å². The van der Waals surface area contributed by atoms with Gasteiger partial charge in [-0.25, -0.2) is 9.38 Å². The summed E-state index contributed by atoms with van der Waals surface area (Å²) >= 11 is 6.67. The Hall–Kier alpha value is -1.57. The van der Waals surface area contributed by atoms with Crippen LogP contribution in [0.1, 0.15) is 10.6 Å². The summed E-state index contributed by atoms with van der Waals surface area (Å²) in [4.78, 5) is 4.57. The van der Waals surface area contributed by atoms with Crippen LogP contribution in [0, 0.1) is 5.82 Å². The zero-order valence-electron chi connectivity index (χ0n) is 8.97. The van der Waals surface area contributed by atoms with Gasteiger partial charge in [-0.3, -0.25) is 0 Å². The molecule has 8 heteroatoms. The maximum Gasteiger partial charge on any atom is 0.153 e. The monoisotopic (exact) mass is 286 g/mol. The van der Waals surface area contributed by atoms with E-state index >= 15 is 0 Å². The number of aromatic nitrogens is 2. The third kappa shape index (κ3) is 2.63. The number of hydrogen-bond donors (Lipinski definition) is 2. The molecule has 0 spiro atoms. The van der Waals surface area contributed by atoms with Crippen LogP contribution in [-0.4, -0.2) is 20.5 Å². The molecule has 0 saturated heterocycles. The molecule has 2 aromatic rings. The van der Waals surface area contributed by atoms with Crippen molar-refractivity contribution >= 4 is 34.7 Å². The van der Waals surface area contributed by atoms with Crippen molar-refractivity contribution in [1.82, 2.24) is 9.59 Å². The van der Waals surface area contributed by atoms with Crippen LogP contribution in [0.15, 0.2) is 23.2 Å². The normalized spacial score (nSPS) is 11.8. The van der Waals surface area contributed by atoms with Crippen molar-refractivity contribution in [3.8, 4) is 0 Å². The minimum Gasteiger partial charge on any atom is -0.391 e. The zero-order chi connectivity index (χ0) is 13.1. The van der Waals surface area contributed by atoms with Crippen LogP contribution in [0.25, 0.3) is 0 Å². The first-order chi connectivity index (χ1) is 8.61.